The van der Waals surface area contributed by atoms with E-state index in [9.17, 15) is 18.6 Å². The predicted molar refractivity (Wildman–Crippen MR) is 124 cm³/mol. The summed E-state index contributed by atoms with van der Waals surface area (Å²) in [5, 5.41) is 0. The summed E-state index contributed by atoms with van der Waals surface area (Å²) < 4.78 is 32.1. The van der Waals surface area contributed by atoms with Crippen molar-refractivity contribution in [3.05, 3.63) is 47.7 Å². The van der Waals surface area contributed by atoms with Gasteiger partial charge in [-0.15, -0.1) is 0 Å². The molecule has 2 amide bonds. The molecule has 1 atom stereocenters. The molecule has 0 aliphatic carbocycles. The van der Waals surface area contributed by atoms with Crippen LogP contribution in [0, 0.1) is 0 Å². The fourth-order valence-corrected chi connectivity index (χ4v) is 3.49. The van der Waals surface area contributed by atoms with Crippen LogP contribution < -0.4 is 9.47 Å². The lowest BCUT2D eigenvalue weighted by Crippen LogP contribution is -2.38. The Morgan fingerprint density at radius 2 is 1.73 bits per heavy atom. The van der Waals surface area contributed by atoms with Gasteiger partial charge in [-0.25, -0.2) is 4.79 Å². The van der Waals surface area contributed by atoms with Crippen molar-refractivity contribution < 1.29 is 37.5 Å². The van der Waals surface area contributed by atoms with Gasteiger partial charge in [0.05, 0.1) is 40.6 Å². The van der Waals surface area contributed by atoms with Gasteiger partial charge in [-0.2, -0.15) is 0 Å². The van der Waals surface area contributed by atoms with E-state index in [1.54, 1.807) is 25.1 Å². The molecule has 0 bridgehead atoms. The molecular weight excluding hydrogens is 450 g/mol. The van der Waals surface area contributed by atoms with Crippen molar-refractivity contribution >= 4 is 28.6 Å². The molecule has 182 valence electrons. The van der Waals surface area contributed by atoms with E-state index in [2.05, 4.69) is 11.3 Å². The van der Waals surface area contributed by atoms with E-state index in [1.807, 2.05) is 0 Å². The van der Waals surface area contributed by atoms with E-state index < -0.39 is 28.6 Å². The van der Waals surface area contributed by atoms with Gasteiger partial charge in [0.1, 0.15) is 5.76 Å². The summed E-state index contributed by atoms with van der Waals surface area (Å²) in [5.74, 6) is -0.306. The molecule has 0 N–H and O–H groups in total. The third-order valence-corrected chi connectivity index (χ3v) is 5.90. The SMILES string of the molecule is C=C(CC(=O)N(CCc1ccc(OC)c(OC)c1)C(=O)/C=C(\CS(=O)CC)OC)C(=O)OC. The molecule has 0 heterocycles. The number of carbonyl (C=O) groups excluding carboxylic acids is 3. The first kappa shape index (κ1) is 27.9. The molecule has 0 spiro atoms. The van der Waals surface area contributed by atoms with Crippen LogP contribution in [0.15, 0.2) is 42.2 Å². The van der Waals surface area contributed by atoms with Gasteiger partial charge >= 0.3 is 5.97 Å². The highest BCUT2D eigenvalue weighted by molar-refractivity contribution is 7.85. The zero-order chi connectivity index (χ0) is 25.0. The number of carbonyl (C=O) groups is 3. The third kappa shape index (κ3) is 8.72. The van der Waals surface area contributed by atoms with Crippen molar-refractivity contribution in [2.75, 3.05) is 46.5 Å². The molecule has 1 rings (SSSR count). The van der Waals surface area contributed by atoms with Gasteiger partial charge in [0.2, 0.25) is 5.91 Å². The molecule has 1 unspecified atom stereocenters. The highest BCUT2D eigenvalue weighted by Gasteiger charge is 2.24. The van der Waals surface area contributed by atoms with Crippen molar-refractivity contribution in [3.8, 4) is 11.5 Å². The molecule has 10 heteroatoms. The normalized spacial score (nSPS) is 11.8. The molecule has 0 aliphatic heterocycles. The number of rotatable bonds is 13. The first-order valence-electron chi connectivity index (χ1n) is 10.1. The number of hydrogen-bond acceptors (Lipinski definition) is 8. The van der Waals surface area contributed by atoms with E-state index in [0.717, 1.165) is 16.5 Å². The lowest BCUT2D eigenvalue weighted by atomic mass is 10.1. The van der Waals surface area contributed by atoms with Gasteiger partial charge in [-0.1, -0.05) is 19.6 Å². The van der Waals surface area contributed by atoms with Crippen molar-refractivity contribution in [1.82, 2.24) is 4.90 Å². The summed E-state index contributed by atoms with van der Waals surface area (Å²) in [6.45, 7) is 5.32. The fourth-order valence-electron chi connectivity index (χ4n) is 2.77. The van der Waals surface area contributed by atoms with Crippen LogP contribution in [-0.4, -0.2) is 73.4 Å². The van der Waals surface area contributed by atoms with Gasteiger partial charge in [0, 0.05) is 34.7 Å². The minimum absolute atomic E-state index is 0.0198. The summed E-state index contributed by atoms with van der Waals surface area (Å²) in [5.41, 5.74) is 0.725. The molecule has 1 aromatic carbocycles. The second-order valence-corrected chi connectivity index (χ2v) is 8.53. The Hall–Kier alpha value is -3.14. The van der Waals surface area contributed by atoms with Crippen LogP contribution in [0.4, 0.5) is 0 Å². The minimum Gasteiger partial charge on any atom is -0.500 e. The van der Waals surface area contributed by atoms with E-state index in [0.29, 0.717) is 23.7 Å². The average Bonchev–Trinajstić information content (AvgIpc) is 2.82. The maximum absolute atomic E-state index is 12.9. The van der Waals surface area contributed by atoms with Crippen LogP contribution in [0.25, 0.3) is 0 Å². The Labute approximate surface area is 196 Å². The number of esters is 1. The van der Waals surface area contributed by atoms with Crippen LogP contribution >= 0.6 is 0 Å². The second kappa shape index (κ2) is 14.1. The standard InChI is InChI=1S/C23H31NO8S/c1-7-33(28)15-18(29-3)14-22(26)24(21(25)12-16(2)23(27)32-6)11-10-17-8-9-19(30-4)20(13-17)31-5/h8-9,13-14H,2,7,10-12,15H2,1,3-6H3/b18-14+. The van der Waals surface area contributed by atoms with Gasteiger partial charge in [-0.05, 0) is 24.1 Å². The zero-order valence-electron chi connectivity index (χ0n) is 19.7. The maximum Gasteiger partial charge on any atom is 0.333 e. The highest BCUT2D eigenvalue weighted by atomic mass is 32.2. The lowest BCUT2D eigenvalue weighted by molar-refractivity contribution is -0.143. The molecule has 0 saturated carbocycles. The monoisotopic (exact) mass is 481 g/mol. The molecule has 9 nitrogen and oxygen atoms in total. The van der Waals surface area contributed by atoms with Gasteiger partial charge in [0.25, 0.3) is 5.91 Å². The van der Waals surface area contributed by atoms with Crippen LogP contribution in [0.1, 0.15) is 18.9 Å². The average molecular weight is 482 g/mol. The number of nitrogens with zero attached hydrogens (tertiary/aromatic N) is 1. The number of amides is 2. The molecule has 0 saturated heterocycles. The van der Waals surface area contributed by atoms with Crippen molar-refractivity contribution in [2.24, 2.45) is 0 Å². The third-order valence-electron chi connectivity index (χ3n) is 4.65. The van der Waals surface area contributed by atoms with Gasteiger partial charge in [0.15, 0.2) is 11.5 Å². The number of methoxy groups -OCH3 is 4. The first-order valence-corrected chi connectivity index (χ1v) is 11.6. The Bertz CT molecular complexity index is 925. The predicted octanol–water partition coefficient (Wildman–Crippen LogP) is 2.02. The summed E-state index contributed by atoms with van der Waals surface area (Å²) in [6, 6.07) is 5.27. The van der Waals surface area contributed by atoms with Crippen LogP contribution in [0.5, 0.6) is 11.5 Å². The lowest BCUT2D eigenvalue weighted by Gasteiger charge is -2.21. The summed E-state index contributed by atoms with van der Waals surface area (Å²) in [7, 11) is 4.37. The smallest absolute Gasteiger partial charge is 0.333 e. The number of hydrogen-bond donors (Lipinski definition) is 0. The van der Waals surface area contributed by atoms with Crippen LogP contribution in [0.2, 0.25) is 0 Å². The van der Waals surface area contributed by atoms with Crippen molar-refractivity contribution in [1.29, 1.82) is 0 Å². The fraction of sp³-hybridized carbons (Fsp3) is 0.435. The zero-order valence-corrected chi connectivity index (χ0v) is 20.5. The molecule has 1 aromatic rings. The molecular formula is C23H31NO8S. The second-order valence-electron chi connectivity index (χ2n) is 6.78. The van der Waals surface area contributed by atoms with E-state index >= 15 is 0 Å². The van der Waals surface area contributed by atoms with Gasteiger partial charge < -0.3 is 18.9 Å². The summed E-state index contributed by atoms with van der Waals surface area (Å²) in [6.07, 6.45) is 1.07. The highest BCUT2D eigenvalue weighted by Crippen LogP contribution is 2.27. The van der Waals surface area contributed by atoms with Crippen molar-refractivity contribution in [3.63, 3.8) is 0 Å². The van der Waals surface area contributed by atoms with Crippen LogP contribution in [0.3, 0.4) is 0 Å². The van der Waals surface area contributed by atoms with Crippen LogP contribution in [-0.2, 0) is 41.1 Å². The van der Waals surface area contributed by atoms with E-state index in [1.165, 1.54) is 28.4 Å². The van der Waals surface area contributed by atoms with Crippen molar-refractivity contribution in [2.45, 2.75) is 19.8 Å². The Balaban J connectivity index is 3.14. The molecule has 0 aliphatic rings. The summed E-state index contributed by atoms with van der Waals surface area (Å²) in [4.78, 5) is 38.5. The van der Waals surface area contributed by atoms with Gasteiger partial charge in [-0.3, -0.25) is 18.7 Å². The number of benzene rings is 1. The Morgan fingerprint density at radius 3 is 2.27 bits per heavy atom. The number of imide groups is 1. The topological polar surface area (TPSA) is 108 Å². The molecule has 33 heavy (non-hydrogen) atoms. The summed E-state index contributed by atoms with van der Waals surface area (Å²) >= 11 is 0. The molecule has 0 aromatic heterocycles. The maximum atomic E-state index is 12.9. The Morgan fingerprint density at radius 1 is 1.06 bits per heavy atom. The number of ether oxygens (including phenoxy) is 4. The van der Waals surface area contributed by atoms with E-state index in [4.69, 9.17) is 14.2 Å². The Kier molecular flexibility index (Phi) is 11.9. The minimum atomic E-state index is -1.20. The quantitative estimate of drug-likeness (QED) is 0.239. The molecule has 0 fully saturated rings. The molecule has 0 radical (unpaired) electrons. The van der Waals surface area contributed by atoms with E-state index in [-0.39, 0.29) is 30.1 Å². The first-order chi connectivity index (χ1) is 15.7. The largest absolute Gasteiger partial charge is 0.500 e.